The Labute approximate surface area is 162 Å². The van der Waals surface area contributed by atoms with Crippen molar-refractivity contribution in [1.29, 1.82) is 0 Å². The van der Waals surface area contributed by atoms with E-state index in [0.717, 1.165) is 0 Å². The molecule has 2 heteroatoms. The Bertz CT molecular complexity index is 631. The SMILES string of the molecule is CCCC1=C([SiH](C2=C(CCC)C=CC2)c2ccccc2)CC=C1.[H-].[Li+]. The standard InChI is InChI=1S/C22H28Si.Li.H/c1-3-10-18-12-8-16-21(18)23(20-14-6-5-7-15-20)22-17-9-13-19(22)11-4-2;;/h5-9,12-15,23H,3-4,10-11,16-17H2,1-2H3;;/q;+1;-1. The maximum absolute atomic E-state index is 2.41. The van der Waals surface area contributed by atoms with E-state index >= 15 is 0 Å². The van der Waals surface area contributed by atoms with E-state index in [1.54, 1.807) is 26.7 Å². The van der Waals surface area contributed by atoms with Crippen LogP contribution in [0.25, 0.3) is 0 Å². The van der Waals surface area contributed by atoms with Gasteiger partial charge in [-0.15, -0.1) is 0 Å². The van der Waals surface area contributed by atoms with E-state index < -0.39 is 8.80 Å². The van der Waals surface area contributed by atoms with Crippen LogP contribution in [-0.2, 0) is 0 Å². The fourth-order valence-electron chi connectivity index (χ4n) is 4.02. The van der Waals surface area contributed by atoms with Gasteiger partial charge in [-0.25, -0.2) is 0 Å². The topological polar surface area (TPSA) is 0 Å². The number of benzene rings is 1. The van der Waals surface area contributed by atoms with Crippen LogP contribution in [0.4, 0.5) is 0 Å². The number of rotatable bonds is 7. The molecule has 0 heterocycles. The second kappa shape index (κ2) is 9.47. The van der Waals surface area contributed by atoms with Gasteiger partial charge in [0.05, 0.1) is 0 Å². The van der Waals surface area contributed by atoms with Crippen molar-refractivity contribution in [2.75, 3.05) is 0 Å². The Hall–Kier alpha value is -1.01. The minimum Gasteiger partial charge on any atom is -1.00 e. The first-order chi connectivity index (χ1) is 11.3. The minimum atomic E-state index is -1.24. The van der Waals surface area contributed by atoms with Gasteiger partial charge in [-0.2, -0.15) is 0 Å². The monoisotopic (exact) mass is 328 g/mol. The van der Waals surface area contributed by atoms with Crippen molar-refractivity contribution in [3.63, 3.8) is 0 Å². The van der Waals surface area contributed by atoms with Crippen LogP contribution in [0.15, 0.2) is 76.2 Å². The molecule has 0 saturated carbocycles. The molecule has 0 aliphatic heterocycles. The van der Waals surface area contributed by atoms with E-state index in [-0.39, 0.29) is 20.3 Å². The molecule has 0 amide bonds. The van der Waals surface area contributed by atoms with Crippen molar-refractivity contribution in [3.8, 4) is 0 Å². The van der Waals surface area contributed by atoms with Gasteiger partial charge < -0.3 is 1.43 Å². The molecule has 0 spiro atoms. The first-order valence-electron chi connectivity index (χ1n) is 9.17. The fourth-order valence-corrected chi connectivity index (χ4v) is 7.82. The zero-order chi connectivity index (χ0) is 16.1. The summed E-state index contributed by atoms with van der Waals surface area (Å²) >= 11 is 0. The summed E-state index contributed by atoms with van der Waals surface area (Å²) in [6.07, 6.45) is 17.0. The predicted molar refractivity (Wildman–Crippen MR) is 106 cm³/mol. The molecule has 2 aliphatic rings. The van der Waals surface area contributed by atoms with E-state index in [2.05, 4.69) is 68.5 Å². The quantitative estimate of drug-likeness (QED) is 0.675. The van der Waals surface area contributed by atoms with Crippen molar-refractivity contribution < 1.29 is 20.3 Å². The van der Waals surface area contributed by atoms with Crippen molar-refractivity contribution in [1.82, 2.24) is 0 Å². The summed E-state index contributed by atoms with van der Waals surface area (Å²) in [5.41, 5.74) is 3.28. The van der Waals surface area contributed by atoms with Crippen LogP contribution in [-0.4, -0.2) is 8.80 Å². The molecule has 122 valence electrons. The summed E-state index contributed by atoms with van der Waals surface area (Å²) in [5, 5.41) is 5.17. The van der Waals surface area contributed by atoms with Gasteiger partial charge in [0, 0.05) is 0 Å². The second-order valence-electron chi connectivity index (χ2n) is 6.66. The molecule has 0 saturated heterocycles. The molecule has 0 nitrogen and oxygen atoms in total. The van der Waals surface area contributed by atoms with Crippen LogP contribution >= 0.6 is 0 Å². The van der Waals surface area contributed by atoms with Gasteiger partial charge in [0.15, 0.2) is 0 Å². The van der Waals surface area contributed by atoms with Crippen LogP contribution in [0.2, 0.25) is 0 Å². The molecule has 0 N–H and O–H groups in total. The van der Waals surface area contributed by atoms with Crippen molar-refractivity contribution in [2.24, 2.45) is 0 Å². The molecule has 0 aromatic heterocycles. The van der Waals surface area contributed by atoms with Crippen molar-refractivity contribution in [2.45, 2.75) is 52.4 Å². The Morgan fingerprint density at radius 1 is 0.833 bits per heavy atom. The minimum absolute atomic E-state index is 0. The summed E-state index contributed by atoms with van der Waals surface area (Å²) in [5.74, 6) is 0. The normalized spacial score (nSPS) is 16.5. The summed E-state index contributed by atoms with van der Waals surface area (Å²) in [7, 11) is -1.24. The average Bonchev–Trinajstić information content (AvgIpc) is 3.21. The van der Waals surface area contributed by atoms with Crippen LogP contribution in [0.5, 0.6) is 0 Å². The summed E-state index contributed by atoms with van der Waals surface area (Å²) in [6, 6.07) is 11.3. The summed E-state index contributed by atoms with van der Waals surface area (Å²) in [6.45, 7) is 4.60. The molecule has 3 rings (SSSR count). The van der Waals surface area contributed by atoms with Crippen molar-refractivity contribution >= 4 is 14.0 Å². The molecule has 2 aliphatic carbocycles. The maximum Gasteiger partial charge on any atom is 1.00 e. The third-order valence-electron chi connectivity index (χ3n) is 5.01. The summed E-state index contributed by atoms with van der Waals surface area (Å²) < 4.78 is 0. The van der Waals surface area contributed by atoms with Gasteiger partial charge in [0.2, 0.25) is 0 Å². The van der Waals surface area contributed by atoms with E-state index in [1.165, 1.54) is 38.5 Å². The predicted octanol–water partition coefficient (Wildman–Crippen LogP) is 2.43. The molecule has 0 bridgehead atoms. The molecular weight excluding hydrogens is 299 g/mol. The van der Waals surface area contributed by atoms with Crippen LogP contribution in [0.1, 0.15) is 53.8 Å². The first kappa shape index (κ1) is 19.3. The smallest absolute Gasteiger partial charge is 1.00 e. The molecule has 0 radical (unpaired) electrons. The van der Waals surface area contributed by atoms with Gasteiger partial charge in [0.1, 0.15) is 8.80 Å². The van der Waals surface area contributed by atoms with E-state index in [4.69, 9.17) is 0 Å². The molecule has 1 aromatic carbocycles. The van der Waals surface area contributed by atoms with Gasteiger partial charge in [0.25, 0.3) is 0 Å². The molecule has 0 unspecified atom stereocenters. The number of hydrogen-bond acceptors (Lipinski definition) is 0. The van der Waals surface area contributed by atoms with Gasteiger partial charge >= 0.3 is 18.9 Å². The number of allylic oxidation sites excluding steroid dienone is 8. The van der Waals surface area contributed by atoms with E-state index in [1.807, 2.05) is 0 Å². The van der Waals surface area contributed by atoms with Gasteiger partial charge in [-0.05, 0) is 25.7 Å². The largest absolute Gasteiger partial charge is 1.00 e. The van der Waals surface area contributed by atoms with Crippen LogP contribution in [0, 0.1) is 0 Å². The Morgan fingerprint density at radius 3 is 1.79 bits per heavy atom. The Kier molecular flexibility index (Phi) is 7.62. The fraction of sp³-hybridized carbons (Fsp3) is 0.364. The summed E-state index contributed by atoms with van der Waals surface area (Å²) in [4.78, 5) is 0. The van der Waals surface area contributed by atoms with E-state index in [0.29, 0.717) is 0 Å². The zero-order valence-corrected chi connectivity index (χ0v) is 16.7. The van der Waals surface area contributed by atoms with Crippen LogP contribution in [0.3, 0.4) is 0 Å². The third kappa shape index (κ3) is 4.15. The van der Waals surface area contributed by atoms with Gasteiger partial charge in [-0.3, -0.25) is 0 Å². The first-order valence-corrected chi connectivity index (χ1v) is 10.9. The van der Waals surface area contributed by atoms with Gasteiger partial charge in [-0.1, -0.05) is 108 Å². The van der Waals surface area contributed by atoms with E-state index in [9.17, 15) is 0 Å². The molecular formula is C22H29LiSi. The third-order valence-corrected chi connectivity index (χ3v) is 8.67. The molecule has 0 atom stereocenters. The average molecular weight is 329 g/mol. The number of hydrogen-bond donors (Lipinski definition) is 0. The zero-order valence-electron chi connectivity index (χ0n) is 16.5. The van der Waals surface area contributed by atoms with Crippen molar-refractivity contribution in [3.05, 3.63) is 76.2 Å². The second-order valence-corrected chi connectivity index (χ2v) is 9.58. The molecule has 1 aromatic rings. The molecule has 0 fully saturated rings. The van der Waals surface area contributed by atoms with Crippen LogP contribution < -0.4 is 24.0 Å². The maximum atomic E-state index is 2.41. The Balaban J connectivity index is 0.00000156. The molecule has 24 heavy (non-hydrogen) atoms. The Morgan fingerprint density at radius 2 is 1.33 bits per heavy atom.